The second-order valence-electron chi connectivity index (χ2n) is 7.18. The lowest BCUT2D eigenvalue weighted by atomic mass is 9.99. The summed E-state index contributed by atoms with van der Waals surface area (Å²) in [6.07, 6.45) is -12.6. The summed E-state index contributed by atoms with van der Waals surface area (Å²) in [5.41, 5.74) is 0. The molecule has 0 amide bonds. The van der Waals surface area contributed by atoms with E-state index in [1.807, 2.05) is 0 Å². The maximum Gasteiger partial charge on any atom is 0.224 e. The Morgan fingerprint density at radius 2 is 1.53 bits per heavy atom. The average molecular weight is 434 g/mol. The Morgan fingerprint density at radius 1 is 0.867 bits per heavy atom. The fraction of sp³-hybridized carbons (Fsp3) is 0.667. The number of phenols is 1. The van der Waals surface area contributed by atoms with E-state index in [9.17, 15) is 40.9 Å². The zero-order valence-corrected chi connectivity index (χ0v) is 15.8. The number of rotatable bonds is 7. The molecular formula is C18H26O12. The number of aromatic hydroxyl groups is 1. The lowest BCUT2D eigenvalue weighted by Crippen LogP contribution is -2.63. The van der Waals surface area contributed by atoms with Crippen LogP contribution in [0.5, 0.6) is 11.5 Å². The minimum absolute atomic E-state index is 0.0242. The number of aliphatic hydroxyl groups is 7. The monoisotopic (exact) mass is 434 g/mol. The van der Waals surface area contributed by atoms with E-state index in [0.717, 1.165) is 0 Å². The van der Waals surface area contributed by atoms with Crippen molar-refractivity contribution in [2.24, 2.45) is 0 Å². The number of benzene rings is 1. The Bertz CT molecular complexity index is 686. The molecule has 0 spiro atoms. The van der Waals surface area contributed by atoms with Crippen LogP contribution in [-0.2, 0) is 14.2 Å². The third-order valence-electron chi connectivity index (χ3n) is 5.14. The largest absolute Gasteiger partial charge is 0.508 e. The second-order valence-corrected chi connectivity index (χ2v) is 7.18. The number of ether oxygens (including phenoxy) is 4. The highest BCUT2D eigenvalue weighted by Crippen LogP contribution is 2.36. The summed E-state index contributed by atoms with van der Waals surface area (Å²) in [5.74, 6) is -1.89. The van der Waals surface area contributed by atoms with Crippen molar-refractivity contribution in [2.75, 3.05) is 19.8 Å². The Morgan fingerprint density at radius 3 is 2.10 bits per heavy atom. The van der Waals surface area contributed by atoms with Crippen molar-refractivity contribution in [3.8, 4) is 11.5 Å². The molecule has 2 saturated heterocycles. The second kappa shape index (κ2) is 9.28. The molecule has 0 bridgehead atoms. The molecule has 12 heteroatoms. The van der Waals surface area contributed by atoms with Crippen molar-refractivity contribution in [2.45, 2.75) is 54.8 Å². The van der Waals surface area contributed by atoms with E-state index in [-0.39, 0.29) is 12.4 Å². The fourth-order valence-corrected chi connectivity index (χ4v) is 3.34. The average Bonchev–Trinajstić information content (AvgIpc) is 2.99. The van der Waals surface area contributed by atoms with E-state index in [4.69, 9.17) is 18.9 Å². The normalized spacial score (nSPS) is 41.7. The van der Waals surface area contributed by atoms with E-state index in [1.165, 1.54) is 24.3 Å². The van der Waals surface area contributed by atoms with Crippen LogP contribution < -0.4 is 4.74 Å². The van der Waals surface area contributed by atoms with Crippen LogP contribution in [0.1, 0.15) is 0 Å². The topological polar surface area (TPSA) is 199 Å². The van der Waals surface area contributed by atoms with Crippen molar-refractivity contribution in [1.82, 2.24) is 0 Å². The van der Waals surface area contributed by atoms with Gasteiger partial charge in [-0.05, 0) is 24.3 Å². The van der Waals surface area contributed by atoms with Crippen LogP contribution in [0.3, 0.4) is 0 Å². The van der Waals surface area contributed by atoms with Gasteiger partial charge in [0.15, 0.2) is 6.29 Å². The summed E-state index contributed by atoms with van der Waals surface area (Å²) in [6.45, 7) is -1.93. The van der Waals surface area contributed by atoms with Gasteiger partial charge in [-0.2, -0.15) is 0 Å². The molecule has 0 aromatic heterocycles. The maximum absolute atomic E-state index is 10.2. The van der Waals surface area contributed by atoms with Gasteiger partial charge in [0.25, 0.3) is 0 Å². The van der Waals surface area contributed by atoms with Crippen molar-refractivity contribution >= 4 is 0 Å². The zero-order valence-electron chi connectivity index (χ0n) is 15.8. The van der Waals surface area contributed by atoms with Crippen LogP contribution >= 0.6 is 0 Å². The van der Waals surface area contributed by atoms with Crippen molar-refractivity contribution in [3.05, 3.63) is 24.3 Å². The quantitative estimate of drug-likeness (QED) is 0.210. The van der Waals surface area contributed by atoms with Gasteiger partial charge in [-0.3, -0.25) is 0 Å². The van der Waals surface area contributed by atoms with Gasteiger partial charge in [0.1, 0.15) is 67.4 Å². The summed E-state index contributed by atoms with van der Waals surface area (Å²) < 4.78 is 21.6. The number of phenolic OH excluding ortho intramolecular Hbond substituents is 1. The third kappa shape index (κ3) is 4.38. The molecule has 8 N–H and O–H groups in total. The van der Waals surface area contributed by atoms with Crippen LogP contribution in [0, 0.1) is 0 Å². The minimum Gasteiger partial charge on any atom is -0.508 e. The van der Waals surface area contributed by atoms with Crippen LogP contribution in [-0.4, -0.2) is 115 Å². The van der Waals surface area contributed by atoms with Crippen molar-refractivity contribution < 1.29 is 59.8 Å². The van der Waals surface area contributed by atoms with E-state index in [1.54, 1.807) is 0 Å². The highest BCUT2D eigenvalue weighted by atomic mass is 16.8. The molecular weight excluding hydrogens is 408 g/mol. The molecule has 1 aromatic carbocycles. The van der Waals surface area contributed by atoms with Gasteiger partial charge in [-0.25, -0.2) is 0 Å². The van der Waals surface area contributed by atoms with E-state index in [2.05, 4.69) is 0 Å². The Kier molecular flexibility index (Phi) is 7.14. The van der Waals surface area contributed by atoms with Gasteiger partial charge in [0.2, 0.25) is 5.79 Å². The first-order chi connectivity index (χ1) is 14.2. The Hall–Kier alpha value is -1.58. The molecule has 170 valence electrons. The minimum atomic E-state index is -2.25. The molecule has 3 rings (SSSR count). The lowest BCUT2D eigenvalue weighted by Gasteiger charge is -2.43. The number of hydrogen-bond donors (Lipinski definition) is 8. The zero-order chi connectivity index (χ0) is 22.1. The summed E-state index contributed by atoms with van der Waals surface area (Å²) in [7, 11) is 0. The first-order valence-corrected chi connectivity index (χ1v) is 9.27. The summed E-state index contributed by atoms with van der Waals surface area (Å²) >= 11 is 0. The van der Waals surface area contributed by atoms with Gasteiger partial charge in [-0.1, -0.05) is 0 Å². The van der Waals surface area contributed by atoms with Crippen LogP contribution in [0.15, 0.2) is 24.3 Å². The van der Waals surface area contributed by atoms with E-state index in [0.29, 0.717) is 5.75 Å². The Labute approximate surface area is 171 Å². The number of aliphatic hydroxyl groups excluding tert-OH is 7. The molecule has 0 saturated carbocycles. The van der Waals surface area contributed by atoms with Gasteiger partial charge in [-0.15, -0.1) is 0 Å². The third-order valence-corrected chi connectivity index (χ3v) is 5.14. The molecule has 2 aliphatic rings. The molecule has 1 aromatic rings. The molecule has 30 heavy (non-hydrogen) atoms. The first kappa shape index (κ1) is 23.1. The highest BCUT2D eigenvalue weighted by molar-refractivity contribution is 5.30. The fourth-order valence-electron chi connectivity index (χ4n) is 3.34. The Balaban J connectivity index is 1.71. The smallest absolute Gasteiger partial charge is 0.224 e. The van der Waals surface area contributed by atoms with Gasteiger partial charge in [0.05, 0.1) is 6.61 Å². The summed E-state index contributed by atoms with van der Waals surface area (Å²) in [4.78, 5) is 0. The molecule has 2 aliphatic heterocycles. The van der Waals surface area contributed by atoms with Gasteiger partial charge >= 0.3 is 0 Å². The van der Waals surface area contributed by atoms with Crippen LogP contribution in [0.25, 0.3) is 0 Å². The van der Waals surface area contributed by atoms with E-state index < -0.39 is 68.0 Å². The molecule has 0 unspecified atom stereocenters. The predicted molar refractivity (Wildman–Crippen MR) is 95.2 cm³/mol. The van der Waals surface area contributed by atoms with Crippen molar-refractivity contribution in [3.63, 3.8) is 0 Å². The van der Waals surface area contributed by atoms with Crippen LogP contribution in [0.4, 0.5) is 0 Å². The highest BCUT2D eigenvalue weighted by Gasteiger charge is 2.58. The molecule has 2 fully saturated rings. The first-order valence-electron chi connectivity index (χ1n) is 9.27. The van der Waals surface area contributed by atoms with E-state index >= 15 is 0 Å². The predicted octanol–water partition coefficient (Wildman–Crippen LogP) is -3.60. The maximum atomic E-state index is 10.2. The van der Waals surface area contributed by atoms with Crippen molar-refractivity contribution in [1.29, 1.82) is 0 Å². The molecule has 2 heterocycles. The standard InChI is InChI=1S/C18H26O12/c19-5-10-13(23)16(26)18(7-20,29-10)30-17-15(25)14(24)12(22)11(28-17)6-27-9-3-1-8(21)2-4-9/h1-4,10-17,19-26H,5-7H2/t10-,11-,12-,13-,14+,15-,16+,17-,18+/m1/s1. The molecule has 12 nitrogen and oxygen atoms in total. The number of hydrogen-bond acceptors (Lipinski definition) is 12. The molecule has 0 radical (unpaired) electrons. The summed E-state index contributed by atoms with van der Waals surface area (Å²) in [5, 5.41) is 79.0. The van der Waals surface area contributed by atoms with Gasteiger partial charge < -0.3 is 59.8 Å². The molecule has 0 aliphatic carbocycles. The van der Waals surface area contributed by atoms with Gasteiger partial charge in [0, 0.05) is 0 Å². The van der Waals surface area contributed by atoms with Crippen LogP contribution in [0.2, 0.25) is 0 Å². The summed E-state index contributed by atoms with van der Waals surface area (Å²) in [6, 6.07) is 5.68. The lowest BCUT2D eigenvalue weighted by molar-refractivity contribution is -0.383. The molecule has 9 atom stereocenters. The SMILES string of the molecule is OC[C@H]1O[C@@](CO)(O[C@H]2O[C@H](COc3ccc(O)cc3)[C@@H](O)[C@H](O)[C@H]2O)[C@@H](O)[C@@H]1O.